The molecule has 2 aromatic carbocycles. The lowest BCUT2D eigenvalue weighted by atomic mass is 9.93. The van der Waals surface area contributed by atoms with Crippen LogP contribution < -0.4 is 0 Å². The monoisotopic (exact) mass is 323 g/mol. The summed E-state index contributed by atoms with van der Waals surface area (Å²) in [5, 5.41) is 10.9. The minimum atomic E-state index is -0.907. The summed E-state index contributed by atoms with van der Waals surface area (Å²) in [5.74, 6) is -0.412. The van der Waals surface area contributed by atoms with Gasteiger partial charge in [-0.3, -0.25) is 14.5 Å². The lowest BCUT2D eigenvalue weighted by Crippen LogP contribution is -2.44. The predicted octanol–water partition coefficient (Wildman–Crippen LogP) is 3.43. The molecule has 124 valence electrons. The van der Waals surface area contributed by atoms with E-state index in [1.165, 1.54) is 4.90 Å². The van der Waals surface area contributed by atoms with Crippen molar-refractivity contribution in [3.63, 3.8) is 0 Å². The summed E-state index contributed by atoms with van der Waals surface area (Å²) in [6.45, 7) is 4.03. The first-order chi connectivity index (χ1) is 11.5. The molecule has 4 heteroatoms. The van der Waals surface area contributed by atoms with Gasteiger partial charge < -0.3 is 5.11 Å². The summed E-state index contributed by atoms with van der Waals surface area (Å²) < 4.78 is 0. The molecular formula is C20H21NO3. The molecule has 2 aromatic rings. The van der Waals surface area contributed by atoms with Crippen molar-refractivity contribution in [2.24, 2.45) is 5.92 Å². The Bertz CT molecular complexity index is 719. The predicted molar refractivity (Wildman–Crippen MR) is 91.6 cm³/mol. The number of carbonyl (C=O) groups excluding carboxylic acids is 2. The number of amides is 2. The summed E-state index contributed by atoms with van der Waals surface area (Å²) in [5.41, 5.74) is 1.53. The molecule has 2 atom stereocenters. The van der Waals surface area contributed by atoms with Crippen molar-refractivity contribution in [2.75, 3.05) is 0 Å². The van der Waals surface area contributed by atoms with Gasteiger partial charge in [0.2, 0.25) is 0 Å². The first kappa shape index (κ1) is 16.4. The SMILES string of the molecule is CC(C)CC(C(O)c1ccccc1)N1C(=O)c2ccccc2C1=O. The zero-order chi connectivity index (χ0) is 17.3. The van der Waals surface area contributed by atoms with Crippen LogP contribution in [0.3, 0.4) is 0 Å². The normalized spacial score (nSPS) is 16.4. The highest BCUT2D eigenvalue weighted by molar-refractivity contribution is 6.21. The Morgan fingerprint density at radius 2 is 1.38 bits per heavy atom. The highest BCUT2D eigenvalue weighted by atomic mass is 16.3. The molecule has 2 unspecified atom stereocenters. The molecule has 1 aliphatic rings. The Hall–Kier alpha value is -2.46. The van der Waals surface area contributed by atoms with Crippen LogP contribution in [0.4, 0.5) is 0 Å². The van der Waals surface area contributed by atoms with Gasteiger partial charge in [0, 0.05) is 0 Å². The zero-order valence-electron chi connectivity index (χ0n) is 13.8. The Balaban J connectivity index is 1.99. The van der Waals surface area contributed by atoms with Gasteiger partial charge in [0.1, 0.15) is 0 Å². The highest BCUT2D eigenvalue weighted by Gasteiger charge is 2.42. The number of nitrogens with zero attached hydrogens (tertiary/aromatic N) is 1. The molecule has 0 spiro atoms. The number of hydrogen-bond acceptors (Lipinski definition) is 3. The van der Waals surface area contributed by atoms with E-state index in [1.54, 1.807) is 24.3 Å². The maximum absolute atomic E-state index is 12.8. The van der Waals surface area contributed by atoms with Gasteiger partial charge in [-0.1, -0.05) is 56.3 Å². The van der Waals surface area contributed by atoms with Crippen LogP contribution in [0, 0.1) is 5.92 Å². The number of fused-ring (bicyclic) bond motifs is 1. The number of benzene rings is 2. The van der Waals surface area contributed by atoms with Crippen LogP contribution in [0.2, 0.25) is 0 Å². The fraction of sp³-hybridized carbons (Fsp3) is 0.300. The molecule has 0 aromatic heterocycles. The van der Waals surface area contributed by atoms with Gasteiger partial charge in [-0.2, -0.15) is 0 Å². The number of hydrogen-bond donors (Lipinski definition) is 1. The first-order valence-corrected chi connectivity index (χ1v) is 8.20. The summed E-state index contributed by atoms with van der Waals surface area (Å²) in [6, 6.07) is 15.4. The van der Waals surface area contributed by atoms with E-state index in [0.29, 0.717) is 23.1 Å². The number of carbonyl (C=O) groups is 2. The lowest BCUT2D eigenvalue weighted by molar-refractivity contribution is 0.0286. The van der Waals surface area contributed by atoms with E-state index in [4.69, 9.17) is 0 Å². The van der Waals surface area contributed by atoms with Gasteiger partial charge in [-0.15, -0.1) is 0 Å². The van der Waals surface area contributed by atoms with E-state index in [1.807, 2.05) is 44.2 Å². The molecule has 24 heavy (non-hydrogen) atoms. The molecule has 0 radical (unpaired) electrons. The van der Waals surface area contributed by atoms with Crippen molar-refractivity contribution in [1.82, 2.24) is 4.90 Å². The van der Waals surface area contributed by atoms with Crippen molar-refractivity contribution in [3.05, 3.63) is 71.3 Å². The highest BCUT2D eigenvalue weighted by Crippen LogP contribution is 2.32. The molecule has 0 saturated heterocycles. The van der Waals surface area contributed by atoms with Gasteiger partial charge >= 0.3 is 0 Å². The summed E-state index contributed by atoms with van der Waals surface area (Å²) >= 11 is 0. The van der Waals surface area contributed by atoms with Crippen LogP contribution in [0.1, 0.15) is 52.7 Å². The molecule has 4 nitrogen and oxygen atoms in total. The third kappa shape index (κ3) is 2.85. The third-order valence-corrected chi connectivity index (χ3v) is 4.38. The number of aliphatic hydroxyl groups excluding tert-OH is 1. The number of rotatable bonds is 5. The summed E-state index contributed by atoms with van der Waals surface area (Å²) in [4.78, 5) is 26.8. The Morgan fingerprint density at radius 1 is 0.875 bits per heavy atom. The van der Waals surface area contributed by atoms with Gasteiger partial charge in [0.05, 0.1) is 23.3 Å². The van der Waals surface area contributed by atoms with Crippen LogP contribution in [0.25, 0.3) is 0 Å². The number of aliphatic hydroxyl groups is 1. The van der Waals surface area contributed by atoms with E-state index in [0.717, 1.165) is 0 Å². The van der Waals surface area contributed by atoms with Crippen LogP contribution in [0.5, 0.6) is 0 Å². The molecule has 1 N–H and O–H groups in total. The Labute approximate surface area is 141 Å². The van der Waals surface area contributed by atoms with E-state index in [2.05, 4.69) is 0 Å². The smallest absolute Gasteiger partial charge is 0.261 e. The second kappa shape index (κ2) is 6.57. The van der Waals surface area contributed by atoms with Gasteiger partial charge in [0.15, 0.2) is 0 Å². The fourth-order valence-corrected chi connectivity index (χ4v) is 3.24. The average Bonchev–Trinajstić information content (AvgIpc) is 2.84. The quantitative estimate of drug-likeness (QED) is 0.858. The minimum absolute atomic E-state index is 0.234. The molecule has 2 amide bonds. The van der Waals surface area contributed by atoms with Gasteiger partial charge in [0.25, 0.3) is 11.8 Å². The minimum Gasteiger partial charge on any atom is -0.386 e. The van der Waals surface area contributed by atoms with E-state index >= 15 is 0 Å². The average molecular weight is 323 g/mol. The van der Waals surface area contributed by atoms with E-state index < -0.39 is 12.1 Å². The molecule has 0 fully saturated rings. The molecule has 3 rings (SSSR count). The molecule has 0 bridgehead atoms. The Kier molecular flexibility index (Phi) is 4.49. The lowest BCUT2D eigenvalue weighted by Gasteiger charge is -2.32. The van der Waals surface area contributed by atoms with Gasteiger partial charge in [-0.25, -0.2) is 0 Å². The summed E-state index contributed by atoms with van der Waals surface area (Å²) in [7, 11) is 0. The van der Waals surface area contributed by atoms with Crippen LogP contribution in [-0.2, 0) is 0 Å². The van der Waals surface area contributed by atoms with Crippen LogP contribution >= 0.6 is 0 Å². The second-order valence-electron chi connectivity index (χ2n) is 6.58. The molecule has 1 aliphatic heterocycles. The summed E-state index contributed by atoms with van der Waals surface area (Å²) in [6.07, 6.45) is -0.363. The molecule has 0 aliphatic carbocycles. The maximum atomic E-state index is 12.8. The topological polar surface area (TPSA) is 57.6 Å². The standard InChI is InChI=1S/C20H21NO3/c1-13(2)12-17(18(22)14-8-4-3-5-9-14)21-19(23)15-10-6-7-11-16(15)20(21)24/h3-11,13,17-18,22H,12H2,1-2H3. The van der Waals surface area contributed by atoms with Crippen molar-refractivity contribution < 1.29 is 14.7 Å². The first-order valence-electron chi connectivity index (χ1n) is 8.20. The molecule has 1 heterocycles. The molecule has 0 saturated carbocycles. The van der Waals surface area contributed by atoms with E-state index in [-0.39, 0.29) is 17.7 Å². The maximum Gasteiger partial charge on any atom is 0.261 e. The largest absolute Gasteiger partial charge is 0.386 e. The number of imide groups is 1. The second-order valence-corrected chi connectivity index (χ2v) is 6.58. The zero-order valence-corrected chi connectivity index (χ0v) is 13.8. The van der Waals surface area contributed by atoms with Crippen molar-refractivity contribution in [3.8, 4) is 0 Å². The molecular weight excluding hydrogens is 302 g/mol. The van der Waals surface area contributed by atoms with Crippen molar-refractivity contribution in [2.45, 2.75) is 32.4 Å². The van der Waals surface area contributed by atoms with Crippen LogP contribution in [0.15, 0.2) is 54.6 Å². The van der Waals surface area contributed by atoms with Gasteiger partial charge in [-0.05, 0) is 30.0 Å². The van der Waals surface area contributed by atoms with Crippen molar-refractivity contribution in [1.29, 1.82) is 0 Å². The van der Waals surface area contributed by atoms with Crippen molar-refractivity contribution >= 4 is 11.8 Å². The van der Waals surface area contributed by atoms with Crippen LogP contribution in [-0.4, -0.2) is 27.9 Å². The Morgan fingerprint density at radius 3 is 1.88 bits per heavy atom. The fourth-order valence-electron chi connectivity index (χ4n) is 3.24. The third-order valence-electron chi connectivity index (χ3n) is 4.38. The van der Waals surface area contributed by atoms with E-state index in [9.17, 15) is 14.7 Å².